The Morgan fingerprint density at radius 2 is 2.00 bits per heavy atom. The Hall–Kier alpha value is -0.600. The maximum absolute atomic E-state index is 10.2. The first-order valence-electron chi connectivity index (χ1n) is 6.64. The first-order chi connectivity index (χ1) is 7.91. The third-order valence-electron chi connectivity index (χ3n) is 4.54. The maximum atomic E-state index is 10.2. The number of hydrogen-bond donors (Lipinski definition) is 2. The molecule has 0 aromatic rings. The van der Waals surface area contributed by atoms with E-state index in [1.807, 2.05) is 0 Å². The topological polar surface area (TPSA) is 40.5 Å². The Labute approximate surface area is 104 Å². The van der Waals surface area contributed by atoms with Gasteiger partial charge in [-0.2, -0.15) is 0 Å². The molecular formula is C15H24O2. The average molecular weight is 236 g/mol. The van der Waals surface area contributed by atoms with Gasteiger partial charge in [-0.1, -0.05) is 32.1 Å². The second kappa shape index (κ2) is 4.58. The second-order valence-electron chi connectivity index (χ2n) is 6.12. The molecule has 0 heterocycles. The van der Waals surface area contributed by atoms with Crippen molar-refractivity contribution in [3.63, 3.8) is 0 Å². The van der Waals surface area contributed by atoms with Crippen molar-refractivity contribution in [3.8, 4) is 0 Å². The van der Waals surface area contributed by atoms with E-state index in [-0.39, 0.29) is 12.0 Å². The van der Waals surface area contributed by atoms with E-state index in [2.05, 4.69) is 33.4 Å². The van der Waals surface area contributed by atoms with E-state index >= 15 is 0 Å². The predicted molar refractivity (Wildman–Crippen MR) is 69.5 cm³/mol. The third-order valence-corrected chi connectivity index (χ3v) is 4.54. The van der Waals surface area contributed by atoms with Gasteiger partial charge >= 0.3 is 0 Å². The predicted octanol–water partition coefficient (Wildman–Crippen LogP) is 2.52. The molecule has 0 radical (unpaired) electrons. The summed E-state index contributed by atoms with van der Waals surface area (Å²) in [6.45, 7) is 10.5. The van der Waals surface area contributed by atoms with Crippen LogP contribution in [0, 0.1) is 23.7 Å². The van der Waals surface area contributed by atoms with Crippen LogP contribution >= 0.6 is 0 Å². The van der Waals surface area contributed by atoms with Gasteiger partial charge in [-0.05, 0) is 43.1 Å². The van der Waals surface area contributed by atoms with E-state index in [9.17, 15) is 10.2 Å². The number of fused-ring (bicyclic) bond motifs is 1. The highest BCUT2D eigenvalue weighted by Gasteiger charge is 2.44. The zero-order valence-electron chi connectivity index (χ0n) is 11.1. The molecule has 0 aromatic carbocycles. The molecule has 0 aliphatic heterocycles. The largest absolute Gasteiger partial charge is 0.392 e. The van der Waals surface area contributed by atoms with Gasteiger partial charge < -0.3 is 10.2 Å². The number of rotatable bonds is 1. The van der Waals surface area contributed by atoms with E-state index in [0.29, 0.717) is 17.8 Å². The van der Waals surface area contributed by atoms with Crippen molar-refractivity contribution in [1.82, 2.24) is 0 Å². The summed E-state index contributed by atoms with van der Waals surface area (Å²) in [4.78, 5) is 0. The highest BCUT2D eigenvalue weighted by molar-refractivity contribution is 5.24. The van der Waals surface area contributed by atoms with E-state index in [1.54, 1.807) is 0 Å². The van der Waals surface area contributed by atoms with Crippen molar-refractivity contribution in [1.29, 1.82) is 0 Å². The van der Waals surface area contributed by atoms with Gasteiger partial charge in [0, 0.05) is 5.92 Å². The number of hydrogen-bond acceptors (Lipinski definition) is 2. The quantitative estimate of drug-likeness (QED) is 0.687. The minimum absolute atomic E-state index is 0.0508. The fourth-order valence-electron chi connectivity index (χ4n) is 3.60. The van der Waals surface area contributed by atoms with Crippen LogP contribution in [0.1, 0.15) is 33.6 Å². The van der Waals surface area contributed by atoms with Gasteiger partial charge in [0.25, 0.3) is 0 Å². The summed E-state index contributed by atoms with van der Waals surface area (Å²) in [6, 6.07) is 0. The molecule has 0 saturated heterocycles. The lowest BCUT2D eigenvalue weighted by Crippen LogP contribution is -2.45. The standard InChI is InChI=1S/C15H24O2/c1-8(2)11-7-13(16)10(4)15-12(11)5-9(3)6-14(15)17/h5,8,11-17H,4,6-7H2,1-3H3. The van der Waals surface area contributed by atoms with E-state index in [0.717, 1.165) is 18.4 Å². The van der Waals surface area contributed by atoms with Gasteiger partial charge in [-0.15, -0.1) is 0 Å². The zero-order chi connectivity index (χ0) is 12.7. The monoisotopic (exact) mass is 236 g/mol. The van der Waals surface area contributed by atoms with Crippen molar-refractivity contribution < 1.29 is 10.2 Å². The van der Waals surface area contributed by atoms with Crippen LogP contribution in [0.25, 0.3) is 0 Å². The van der Waals surface area contributed by atoms with E-state index in [4.69, 9.17) is 0 Å². The number of aliphatic hydroxyl groups excluding tert-OH is 2. The van der Waals surface area contributed by atoms with Gasteiger partial charge in [-0.25, -0.2) is 0 Å². The Balaban J connectivity index is 2.35. The fraction of sp³-hybridized carbons (Fsp3) is 0.733. The Morgan fingerprint density at radius 1 is 1.35 bits per heavy atom. The molecule has 0 aromatic heterocycles. The first kappa shape index (κ1) is 12.8. The minimum atomic E-state index is -0.440. The van der Waals surface area contributed by atoms with Gasteiger partial charge in [-0.3, -0.25) is 0 Å². The zero-order valence-corrected chi connectivity index (χ0v) is 11.1. The molecule has 0 bridgehead atoms. The summed E-state index contributed by atoms with van der Waals surface area (Å²) in [5.41, 5.74) is 2.11. The van der Waals surface area contributed by atoms with Crippen molar-refractivity contribution in [2.75, 3.05) is 0 Å². The van der Waals surface area contributed by atoms with Crippen LogP contribution in [0.3, 0.4) is 0 Å². The highest BCUT2D eigenvalue weighted by atomic mass is 16.3. The van der Waals surface area contributed by atoms with Crippen molar-refractivity contribution in [2.24, 2.45) is 23.7 Å². The highest BCUT2D eigenvalue weighted by Crippen LogP contribution is 2.47. The molecule has 2 N–H and O–H groups in total. The molecule has 1 fully saturated rings. The molecule has 0 amide bonds. The van der Waals surface area contributed by atoms with Crippen molar-refractivity contribution in [2.45, 2.75) is 45.8 Å². The lowest BCUT2D eigenvalue weighted by Gasteiger charge is -2.47. The molecule has 5 atom stereocenters. The summed E-state index contributed by atoms with van der Waals surface area (Å²) >= 11 is 0. The Morgan fingerprint density at radius 3 is 2.59 bits per heavy atom. The van der Waals surface area contributed by atoms with Crippen LogP contribution in [0.15, 0.2) is 23.8 Å². The summed E-state index contributed by atoms with van der Waals surface area (Å²) in [5, 5.41) is 20.3. The van der Waals surface area contributed by atoms with Gasteiger partial charge in [0.15, 0.2) is 0 Å². The molecule has 5 unspecified atom stereocenters. The van der Waals surface area contributed by atoms with Crippen LogP contribution in [-0.2, 0) is 0 Å². The lowest BCUT2D eigenvalue weighted by molar-refractivity contribution is 0.00934. The molecule has 2 nitrogen and oxygen atoms in total. The van der Waals surface area contributed by atoms with Gasteiger partial charge in [0.1, 0.15) is 0 Å². The molecule has 96 valence electrons. The maximum Gasteiger partial charge on any atom is 0.0754 e. The number of allylic oxidation sites excluding steroid dienone is 1. The summed E-state index contributed by atoms with van der Waals surface area (Å²) in [6.07, 6.45) is 3.00. The van der Waals surface area contributed by atoms with Crippen molar-refractivity contribution in [3.05, 3.63) is 23.8 Å². The first-order valence-corrected chi connectivity index (χ1v) is 6.64. The van der Waals surface area contributed by atoms with E-state index < -0.39 is 6.10 Å². The molecule has 1 saturated carbocycles. The normalized spacial score (nSPS) is 42.4. The minimum Gasteiger partial charge on any atom is -0.392 e. The summed E-state index contributed by atoms with van der Waals surface area (Å²) < 4.78 is 0. The summed E-state index contributed by atoms with van der Waals surface area (Å²) in [7, 11) is 0. The van der Waals surface area contributed by atoms with Crippen molar-refractivity contribution >= 4 is 0 Å². The van der Waals surface area contributed by atoms with Crippen LogP contribution < -0.4 is 0 Å². The molecule has 2 aliphatic rings. The molecular weight excluding hydrogens is 212 g/mol. The van der Waals surface area contributed by atoms with Crippen LogP contribution in [-0.4, -0.2) is 22.4 Å². The molecule has 2 heteroatoms. The smallest absolute Gasteiger partial charge is 0.0754 e. The second-order valence-corrected chi connectivity index (χ2v) is 6.12. The van der Waals surface area contributed by atoms with Gasteiger partial charge in [0.05, 0.1) is 12.2 Å². The molecule has 17 heavy (non-hydrogen) atoms. The van der Waals surface area contributed by atoms with Gasteiger partial charge in [0.2, 0.25) is 0 Å². The number of aliphatic hydroxyl groups is 2. The molecule has 0 spiro atoms. The Kier molecular flexibility index (Phi) is 3.46. The molecule has 2 rings (SSSR count). The van der Waals surface area contributed by atoms with Crippen LogP contribution in [0.2, 0.25) is 0 Å². The summed E-state index contributed by atoms with van der Waals surface area (Å²) in [5.74, 6) is 1.38. The average Bonchev–Trinajstić information content (AvgIpc) is 2.21. The fourth-order valence-corrected chi connectivity index (χ4v) is 3.60. The molecule has 2 aliphatic carbocycles. The third kappa shape index (κ3) is 2.21. The Bertz CT molecular complexity index is 343. The SMILES string of the molecule is C=C1C(O)CC(C(C)C)C2C=C(C)CC(O)C12. The lowest BCUT2D eigenvalue weighted by atomic mass is 9.60. The van der Waals surface area contributed by atoms with Crippen LogP contribution in [0.5, 0.6) is 0 Å². The van der Waals surface area contributed by atoms with Crippen LogP contribution in [0.4, 0.5) is 0 Å². The van der Waals surface area contributed by atoms with E-state index in [1.165, 1.54) is 5.57 Å².